The molecule has 10 N–H and O–H groups in total. The van der Waals surface area contributed by atoms with Gasteiger partial charge in [0.1, 0.15) is 29.9 Å². The van der Waals surface area contributed by atoms with Crippen molar-refractivity contribution >= 4 is 29.6 Å². The molecule has 0 aliphatic rings. The Morgan fingerprint density at radius 1 is 0.912 bits per heavy atom. The summed E-state index contributed by atoms with van der Waals surface area (Å²) in [5, 5.41) is 34.8. The molecule has 0 aliphatic carbocycles. The van der Waals surface area contributed by atoms with Crippen LogP contribution in [0.15, 0.2) is 24.3 Å². The van der Waals surface area contributed by atoms with Gasteiger partial charge in [-0.25, -0.2) is 4.79 Å². The van der Waals surface area contributed by atoms with Gasteiger partial charge in [0.25, 0.3) is 0 Å². The molecule has 0 aromatic heterocycles. The topological polar surface area (TPSA) is 234 Å². The average molecular weight is 482 g/mol. The molecular formula is C21H31N5O8. The second-order valence-electron chi connectivity index (χ2n) is 8.02. The first kappa shape index (κ1) is 28.3. The zero-order valence-electron chi connectivity index (χ0n) is 18.9. The molecule has 188 valence electrons. The van der Waals surface area contributed by atoms with Crippen molar-refractivity contribution in [2.75, 3.05) is 6.61 Å². The predicted octanol–water partition coefficient (Wildman–Crippen LogP) is -2.68. The third-order valence-electron chi connectivity index (χ3n) is 4.81. The van der Waals surface area contributed by atoms with Crippen molar-refractivity contribution in [1.29, 1.82) is 0 Å². The number of aliphatic hydroxyl groups excluding tert-OH is 1. The van der Waals surface area contributed by atoms with Gasteiger partial charge in [-0.2, -0.15) is 0 Å². The molecule has 0 radical (unpaired) electrons. The van der Waals surface area contributed by atoms with Gasteiger partial charge in [-0.15, -0.1) is 0 Å². The highest BCUT2D eigenvalue weighted by molar-refractivity contribution is 5.96. The molecule has 0 fully saturated rings. The van der Waals surface area contributed by atoms with Crippen molar-refractivity contribution in [2.45, 2.75) is 50.9 Å². The van der Waals surface area contributed by atoms with Crippen molar-refractivity contribution in [3.63, 3.8) is 0 Å². The normalized spacial score (nSPS) is 14.4. The number of carboxylic acid groups (broad SMARTS) is 1. The van der Waals surface area contributed by atoms with Crippen molar-refractivity contribution < 1.29 is 39.3 Å². The third kappa shape index (κ3) is 9.03. The van der Waals surface area contributed by atoms with E-state index >= 15 is 0 Å². The van der Waals surface area contributed by atoms with Gasteiger partial charge in [-0.1, -0.05) is 26.0 Å². The number of nitrogens with two attached hydrogens (primary N) is 2. The average Bonchev–Trinajstić information content (AvgIpc) is 2.76. The minimum atomic E-state index is -1.52. The van der Waals surface area contributed by atoms with Crippen molar-refractivity contribution in [3.8, 4) is 5.75 Å². The second kappa shape index (κ2) is 13.1. The maximum absolute atomic E-state index is 13.0. The Balaban J connectivity index is 3.13. The SMILES string of the molecule is CC(C)C(NC(=O)C(CC(N)=O)NC(=O)C(Cc1ccc(O)cc1)NC(=O)C(N)CO)C(=O)O. The lowest BCUT2D eigenvalue weighted by atomic mass is 10.0. The lowest BCUT2D eigenvalue weighted by molar-refractivity contribution is -0.143. The first-order valence-electron chi connectivity index (χ1n) is 10.4. The molecule has 0 aliphatic heterocycles. The van der Waals surface area contributed by atoms with E-state index < -0.39 is 72.7 Å². The highest BCUT2D eigenvalue weighted by Crippen LogP contribution is 2.12. The number of amides is 4. The van der Waals surface area contributed by atoms with Gasteiger partial charge < -0.3 is 42.7 Å². The summed E-state index contributed by atoms with van der Waals surface area (Å²) in [4.78, 5) is 60.7. The van der Waals surface area contributed by atoms with E-state index in [1.807, 2.05) is 0 Å². The van der Waals surface area contributed by atoms with Crippen molar-refractivity contribution in [2.24, 2.45) is 17.4 Å². The van der Waals surface area contributed by atoms with E-state index in [4.69, 9.17) is 16.6 Å². The van der Waals surface area contributed by atoms with Gasteiger partial charge >= 0.3 is 5.97 Å². The second-order valence-corrected chi connectivity index (χ2v) is 8.02. The van der Waals surface area contributed by atoms with Crippen LogP contribution in [-0.2, 0) is 30.4 Å². The van der Waals surface area contributed by atoms with Crippen LogP contribution in [-0.4, -0.2) is 75.7 Å². The molecule has 34 heavy (non-hydrogen) atoms. The zero-order chi connectivity index (χ0) is 26.0. The molecular weight excluding hydrogens is 450 g/mol. The van der Waals surface area contributed by atoms with Crippen LogP contribution in [0.1, 0.15) is 25.8 Å². The van der Waals surface area contributed by atoms with Gasteiger partial charge in [-0.05, 0) is 23.6 Å². The Morgan fingerprint density at radius 3 is 1.91 bits per heavy atom. The summed E-state index contributed by atoms with van der Waals surface area (Å²) in [6.45, 7) is 2.45. The van der Waals surface area contributed by atoms with Crippen LogP contribution in [0.3, 0.4) is 0 Å². The smallest absolute Gasteiger partial charge is 0.326 e. The first-order valence-corrected chi connectivity index (χ1v) is 10.4. The van der Waals surface area contributed by atoms with Gasteiger partial charge in [0.05, 0.1) is 13.0 Å². The van der Waals surface area contributed by atoms with Crippen LogP contribution in [0.4, 0.5) is 0 Å². The number of aromatic hydroxyl groups is 1. The highest BCUT2D eigenvalue weighted by Gasteiger charge is 2.32. The van der Waals surface area contributed by atoms with Crippen LogP contribution < -0.4 is 27.4 Å². The summed E-state index contributed by atoms with van der Waals surface area (Å²) in [7, 11) is 0. The van der Waals surface area contributed by atoms with Crippen LogP contribution in [0.2, 0.25) is 0 Å². The van der Waals surface area contributed by atoms with Crippen molar-refractivity contribution in [3.05, 3.63) is 29.8 Å². The number of carbonyl (C=O) groups is 5. The quantitative estimate of drug-likeness (QED) is 0.146. The standard InChI is InChI=1S/C21H31N5O8/c1-10(2)17(21(33)34)26-20(32)15(8-16(23)29)25-19(31)14(24-18(30)13(22)9-27)7-11-3-5-12(28)6-4-11/h3-6,10,13-15,17,27-28H,7-9,22H2,1-2H3,(H2,23,29)(H,24,30)(H,25,31)(H,26,32)(H,33,34). The molecule has 1 aromatic carbocycles. The Hall–Kier alpha value is -3.71. The molecule has 0 spiro atoms. The van der Waals surface area contributed by atoms with E-state index in [1.54, 1.807) is 13.8 Å². The number of primary amides is 1. The monoisotopic (exact) mass is 481 g/mol. The van der Waals surface area contributed by atoms with Gasteiger partial charge in [0.15, 0.2) is 0 Å². The van der Waals surface area contributed by atoms with E-state index in [-0.39, 0.29) is 12.2 Å². The van der Waals surface area contributed by atoms with E-state index in [2.05, 4.69) is 16.0 Å². The largest absolute Gasteiger partial charge is 0.508 e. The summed E-state index contributed by atoms with van der Waals surface area (Å²) in [5.41, 5.74) is 11.2. The molecule has 0 bridgehead atoms. The van der Waals surface area contributed by atoms with Crippen LogP contribution in [0, 0.1) is 5.92 Å². The lowest BCUT2D eigenvalue weighted by Gasteiger charge is -2.25. The van der Waals surface area contributed by atoms with Gasteiger partial charge in [0.2, 0.25) is 23.6 Å². The molecule has 13 heteroatoms. The zero-order valence-corrected chi connectivity index (χ0v) is 18.9. The number of hydrogen-bond donors (Lipinski definition) is 8. The number of aliphatic carboxylic acids is 1. The number of phenols is 1. The van der Waals surface area contributed by atoms with E-state index in [0.29, 0.717) is 5.56 Å². The molecule has 0 heterocycles. The fourth-order valence-electron chi connectivity index (χ4n) is 2.89. The molecule has 4 unspecified atom stereocenters. The van der Waals surface area contributed by atoms with E-state index in [1.165, 1.54) is 24.3 Å². The highest BCUT2D eigenvalue weighted by atomic mass is 16.4. The Labute approximate surface area is 195 Å². The Bertz CT molecular complexity index is 890. The summed E-state index contributed by atoms with van der Waals surface area (Å²) >= 11 is 0. The van der Waals surface area contributed by atoms with Gasteiger partial charge in [-0.3, -0.25) is 19.2 Å². The molecule has 1 rings (SSSR count). The van der Waals surface area contributed by atoms with Crippen LogP contribution in [0.25, 0.3) is 0 Å². The number of rotatable bonds is 13. The molecule has 13 nitrogen and oxygen atoms in total. The number of carbonyl (C=O) groups excluding carboxylic acids is 4. The lowest BCUT2D eigenvalue weighted by Crippen LogP contribution is -2.59. The number of carboxylic acids is 1. The Morgan fingerprint density at radius 2 is 1.44 bits per heavy atom. The summed E-state index contributed by atoms with van der Waals surface area (Å²) in [5.74, 6) is -5.43. The predicted molar refractivity (Wildman–Crippen MR) is 119 cm³/mol. The fraction of sp³-hybridized carbons (Fsp3) is 0.476. The number of nitrogens with one attached hydrogen (secondary N) is 3. The minimum Gasteiger partial charge on any atom is -0.508 e. The summed E-state index contributed by atoms with van der Waals surface area (Å²) in [6.07, 6.45) is -0.720. The fourth-order valence-corrected chi connectivity index (χ4v) is 2.89. The molecule has 1 aromatic rings. The third-order valence-corrected chi connectivity index (χ3v) is 4.81. The van der Waals surface area contributed by atoms with E-state index in [0.717, 1.165) is 0 Å². The number of aliphatic hydroxyl groups is 1. The Kier molecular flexibility index (Phi) is 10.9. The molecule has 0 saturated heterocycles. The molecule has 4 atom stereocenters. The minimum absolute atomic E-state index is 0.0209. The number of phenolic OH excluding ortho intramolecular Hbond substituents is 1. The maximum Gasteiger partial charge on any atom is 0.326 e. The van der Waals surface area contributed by atoms with Crippen LogP contribution >= 0.6 is 0 Å². The van der Waals surface area contributed by atoms with E-state index in [9.17, 15) is 34.2 Å². The molecule has 4 amide bonds. The van der Waals surface area contributed by atoms with Crippen molar-refractivity contribution in [1.82, 2.24) is 16.0 Å². The summed E-state index contributed by atoms with van der Waals surface area (Å²) < 4.78 is 0. The first-order chi connectivity index (χ1) is 15.8. The number of hydrogen-bond acceptors (Lipinski definition) is 8. The molecule has 0 saturated carbocycles. The van der Waals surface area contributed by atoms with Crippen LogP contribution in [0.5, 0.6) is 5.75 Å². The van der Waals surface area contributed by atoms with Gasteiger partial charge in [0, 0.05) is 6.42 Å². The number of benzene rings is 1. The summed E-state index contributed by atoms with van der Waals surface area (Å²) in [6, 6.07) is 0.328. The maximum atomic E-state index is 13.0.